The number of carbonyl (C=O) groups is 5. The number of nitrogens with one attached hydrogen (secondary N) is 2. The summed E-state index contributed by atoms with van der Waals surface area (Å²) in [5.74, 6) is -2.11. The van der Waals surface area contributed by atoms with Crippen molar-refractivity contribution in [1.82, 2.24) is 10.2 Å². The first-order chi connectivity index (χ1) is 15.4. The van der Waals surface area contributed by atoms with Crippen LogP contribution in [0.5, 0.6) is 11.5 Å². The summed E-state index contributed by atoms with van der Waals surface area (Å²) in [5, 5.41) is 4.81. The van der Waals surface area contributed by atoms with Gasteiger partial charge in [-0.2, -0.15) is 0 Å². The molecule has 2 heterocycles. The van der Waals surface area contributed by atoms with Crippen molar-refractivity contribution < 1.29 is 33.4 Å². The number of benzene rings is 2. The molecular formula is C22H19N3O7. The smallest absolute Gasteiger partial charge is 0.262 e. The summed E-state index contributed by atoms with van der Waals surface area (Å²) in [6.45, 7) is -0.337. The lowest BCUT2D eigenvalue weighted by atomic mass is 10.0. The Bertz CT molecular complexity index is 1140. The van der Waals surface area contributed by atoms with Crippen molar-refractivity contribution in [3.8, 4) is 11.5 Å². The third kappa shape index (κ3) is 3.89. The van der Waals surface area contributed by atoms with Gasteiger partial charge in [-0.3, -0.25) is 34.2 Å². The number of para-hydroxylation sites is 2. The maximum absolute atomic E-state index is 12.8. The number of nitrogens with zero attached hydrogens (tertiary/aromatic N) is 1. The summed E-state index contributed by atoms with van der Waals surface area (Å²) in [6, 6.07) is 10.1. The van der Waals surface area contributed by atoms with Crippen molar-refractivity contribution in [1.29, 1.82) is 0 Å². The molecule has 2 aromatic carbocycles. The Labute approximate surface area is 182 Å². The fraction of sp³-hybridized carbons (Fsp3) is 0.227. The lowest BCUT2D eigenvalue weighted by molar-refractivity contribution is -0.136. The lowest BCUT2D eigenvalue weighted by Gasteiger charge is -2.27. The van der Waals surface area contributed by atoms with Crippen LogP contribution in [-0.2, 0) is 14.4 Å². The number of hydrogen-bond acceptors (Lipinski definition) is 7. The van der Waals surface area contributed by atoms with E-state index in [0.29, 0.717) is 11.4 Å². The Kier molecular flexibility index (Phi) is 5.59. The van der Waals surface area contributed by atoms with Gasteiger partial charge in [-0.1, -0.05) is 12.1 Å². The van der Waals surface area contributed by atoms with E-state index < -0.39 is 35.6 Å². The minimum atomic E-state index is -1.05. The monoisotopic (exact) mass is 437 g/mol. The van der Waals surface area contributed by atoms with Crippen LogP contribution < -0.4 is 20.1 Å². The van der Waals surface area contributed by atoms with E-state index in [0.717, 1.165) is 4.90 Å². The minimum Gasteiger partial charge on any atom is -0.495 e. The average Bonchev–Trinajstić information content (AvgIpc) is 3.02. The summed E-state index contributed by atoms with van der Waals surface area (Å²) < 4.78 is 10.7. The van der Waals surface area contributed by atoms with E-state index in [2.05, 4.69) is 10.6 Å². The molecule has 5 amide bonds. The van der Waals surface area contributed by atoms with Crippen molar-refractivity contribution in [2.24, 2.45) is 0 Å². The second-order valence-electron chi connectivity index (χ2n) is 7.19. The van der Waals surface area contributed by atoms with Gasteiger partial charge >= 0.3 is 0 Å². The van der Waals surface area contributed by atoms with Gasteiger partial charge in [0.1, 0.15) is 17.5 Å². The van der Waals surface area contributed by atoms with Gasteiger partial charge in [0.2, 0.25) is 11.8 Å². The standard InChI is InChI=1S/C22H19N3O7/c1-31-17-5-3-2-4-15(17)23-19(27)11-32-12-6-7-13-14(10-12)22(30)25(21(13)29)16-8-9-18(26)24-20(16)28/h2-7,10,16H,8-9,11H2,1H3,(H,23,27)(H,24,26,28). The quantitative estimate of drug-likeness (QED) is 0.648. The number of ether oxygens (including phenoxy) is 2. The highest BCUT2D eigenvalue weighted by Crippen LogP contribution is 2.30. The zero-order valence-corrected chi connectivity index (χ0v) is 17.0. The van der Waals surface area contributed by atoms with E-state index in [1.807, 2.05) is 0 Å². The van der Waals surface area contributed by atoms with Crippen LogP contribution in [0.15, 0.2) is 42.5 Å². The zero-order chi connectivity index (χ0) is 22.8. The van der Waals surface area contributed by atoms with Gasteiger partial charge in [-0.25, -0.2) is 0 Å². The Morgan fingerprint density at radius 1 is 1.09 bits per heavy atom. The molecule has 2 aliphatic heterocycles. The summed E-state index contributed by atoms with van der Waals surface area (Å²) in [7, 11) is 1.49. The molecule has 1 atom stereocenters. The summed E-state index contributed by atoms with van der Waals surface area (Å²) in [5.41, 5.74) is 0.686. The van der Waals surface area contributed by atoms with E-state index in [1.54, 1.807) is 24.3 Å². The van der Waals surface area contributed by atoms with E-state index in [1.165, 1.54) is 25.3 Å². The number of imide groups is 2. The molecule has 0 radical (unpaired) electrons. The van der Waals surface area contributed by atoms with Crippen LogP contribution in [-0.4, -0.2) is 54.2 Å². The number of amides is 5. The average molecular weight is 437 g/mol. The molecule has 10 heteroatoms. The molecule has 2 N–H and O–H groups in total. The van der Waals surface area contributed by atoms with Gasteiger partial charge in [0.05, 0.1) is 23.9 Å². The second-order valence-corrected chi connectivity index (χ2v) is 7.19. The fourth-order valence-corrected chi connectivity index (χ4v) is 3.62. The molecule has 164 valence electrons. The first-order valence-corrected chi connectivity index (χ1v) is 9.80. The van der Waals surface area contributed by atoms with Crippen LogP contribution in [0.2, 0.25) is 0 Å². The summed E-state index contributed by atoms with van der Waals surface area (Å²) in [6.07, 6.45) is 0.113. The number of fused-ring (bicyclic) bond motifs is 1. The third-order valence-corrected chi connectivity index (χ3v) is 5.16. The molecule has 1 fully saturated rings. The molecule has 2 aromatic rings. The highest BCUT2D eigenvalue weighted by Gasteiger charge is 2.44. The van der Waals surface area contributed by atoms with E-state index in [9.17, 15) is 24.0 Å². The molecular weight excluding hydrogens is 418 g/mol. The predicted molar refractivity (Wildman–Crippen MR) is 110 cm³/mol. The SMILES string of the molecule is COc1ccccc1NC(=O)COc1ccc2c(c1)C(=O)N(C1CCC(=O)NC1=O)C2=O. The fourth-order valence-electron chi connectivity index (χ4n) is 3.62. The highest BCUT2D eigenvalue weighted by molar-refractivity contribution is 6.23. The van der Waals surface area contributed by atoms with Gasteiger partial charge in [-0.15, -0.1) is 0 Å². The molecule has 0 bridgehead atoms. The van der Waals surface area contributed by atoms with Crippen LogP contribution >= 0.6 is 0 Å². The van der Waals surface area contributed by atoms with Gasteiger partial charge < -0.3 is 14.8 Å². The van der Waals surface area contributed by atoms with E-state index in [4.69, 9.17) is 9.47 Å². The molecule has 0 aromatic heterocycles. The Morgan fingerprint density at radius 2 is 1.84 bits per heavy atom. The van der Waals surface area contributed by atoms with Crippen molar-refractivity contribution in [3.63, 3.8) is 0 Å². The van der Waals surface area contributed by atoms with Crippen LogP contribution in [0.1, 0.15) is 33.6 Å². The summed E-state index contributed by atoms with van der Waals surface area (Å²) in [4.78, 5) is 62.1. The van der Waals surface area contributed by atoms with Crippen molar-refractivity contribution >= 4 is 35.2 Å². The third-order valence-electron chi connectivity index (χ3n) is 5.16. The first kappa shape index (κ1) is 21.0. The number of methoxy groups -OCH3 is 1. The Morgan fingerprint density at radius 3 is 2.59 bits per heavy atom. The van der Waals surface area contributed by atoms with Crippen molar-refractivity contribution in [2.45, 2.75) is 18.9 Å². The number of anilines is 1. The molecule has 1 saturated heterocycles. The maximum atomic E-state index is 12.8. The van der Waals surface area contributed by atoms with Gasteiger partial charge in [0.15, 0.2) is 6.61 Å². The number of hydrogen-bond donors (Lipinski definition) is 2. The lowest BCUT2D eigenvalue weighted by Crippen LogP contribution is -2.54. The largest absolute Gasteiger partial charge is 0.495 e. The van der Waals surface area contributed by atoms with Gasteiger partial charge in [-0.05, 0) is 36.8 Å². The molecule has 10 nitrogen and oxygen atoms in total. The number of carbonyl (C=O) groups excluding carboxylic acids is 5. The van der Waals surface area contributed by atoms with Gasteiger partial charge in [0, 0.05) is 6.42 Å². The van der Waals surface area contributed by atoms with Crippen LogP contribution in [0.3, 0.4) is 0 Å². The van der Waals surface area contributed by atoms with Gasteiger partial charge in [0.25, 0.3) is 17.7 Å². The summed E-state index contributed by atoms with van der Waals surface area (Å²) >= 11 is 0. The second kappa shape index (κ2) is 8.50. The molecule has 0 spiro atoms. The molecule has 0 saturated carbocycles. The predicted octanol–water partition coefficient (Wildman–Crippen LogP) is 1.11. The van der Waals surface area contributed by atoms with E-state index >= 15 is 0 Å². The van der Waals surface area contributed by atoms with Crippen LogP contribution in [0.4, 0.5) is 5.69 Å². The number of piperidine rings is 1. The molecule has 32 heavy (non-hydrogen) atoms. The molecule has 0 aliphatic carbocycles. The molecule has 2 aliphatic rings. The minimum absolute atomic E-state index is 0.0412. The topological polar surface area (TPSA) is 131 Å². The van der Waals surface area contributed by atoms with Crippen LogP contribution in [0.25, 0.3) is 0 Å². The number of rotatable bonds is 6. The maximum Gasteiger partial charge on any atom is 0.262 e. The first-order valence-electron chi connectivity index (χ1n) is 9.80. The zero-order valence-electron chi connectivity index (χ0n) is 17.0. The Balaban J connectivity index is 1.44. The molecule has 4 rings (SSSR count). The molecule has 1 unspecified atom stereocenters. The highest BCUT2D eigenvalue weighted by atomic mass is 16.5. The van der Waals surface area contributed by atoms with Crippen molar-refractivity contribution in [3.05, 3.63) is 53.6 Å². The van der Waals surface area contributed by atoms with Crippen LogP contribution in [0, 0.1) is 0 Å². The van der Waals surface area contributed by atoms with E-state index in [-0.39, 0.29) is 36.3 Å². The Hall–Kier alpha value is -4.21. The normalized spacial score (nSPS) is 17.7. The van der Waals surface area contributed by atoms with Crippen molar-refractivity contribution in [2.75, 3.05) is 19.0 Å².